The van der Waals surface area contributed by atoms with Gasteiger partial charge < -0.3 is 10.2 Å². The minimum absolute atomic E-state index is 0.0701. The first kappa shape index (κ1) is 20.1. The standard InChI is InChI=1S/C22H22ClN3O2S/c23-17-5-3-4-15(12-17)13-20-22(28)25-18-14-16(6-7-19(18)29-20)21(27)24-8-11-26-9-1-2-10-26/h3-7,12-14,19H,1-2,8-11H2,(H,24,27)/b20-13+. The van der Waals surface area contributed by atoms with Crippen LogP contribution in [-0.2, 0) is 9.59 Å². The molecule has 1 saturated heterocycles. The lowest BCUT2D eigenvalue weighted by Gasteiger charge is -2.22. The molecule has 7 heteroatoms. The lowest BCUT2D eigenvalue weighted by Crippen LogP contribution is -2.35. The van der Waals surface area contributed by atoms with E-state index in [-0.39, 0.29) is 17.1 Å². The van der Waals surface area contributed by atoms with Crippen molar-refractivity contribution in [2.45, 2.75) is 18.1 Å². The zero-order chi connectivity index (χ0) is 20.2. The maximum absolute atomic E-state index is 12.5. The number of halogens is 1. The summed E-state index contributed by atoms with van der Waals surface area (Å²) >= 11 is 7.46. The van der Waals surface area contributed by atoms with E-state index in [1.165, 1.54) is 24.6 Å². The van der Waals surface area contributed by atoms with E-state index in [0.717, 1.165) is 25.2 Å². The molecule has 1 unspecified atom stereocenters. The molecule has 150 valence electrons. The number of likely N-dealkylation sites (tertiary alicyclic amines) is 1. The number of carbonyl (C=O) groups excluding carboxylic acids is 2. The molecular weight excluding hydrogens is 406 g/mol. The molecule has 1 fully saturated rings. The lowest BCUT2D eigenvalue weighted by molar-refractivity contribution is -0.117. The highest BCUT2D eigenvalue weighted by molar-refractivity contribution is 8.05. The van der Waals surface area contributed by atoms with Crippen LogP contribution in [0.15, 0.2) is 58.0 Å². The third-order valence-electron chi connectivity index (χ3n) is 5.06. The van der Waals surface area contributed by atoms with E-state index in [2.05, 4.69) is 15.2 Å². The van der Waals surface area contributed by atoms with Crippen molar-refractivity contribution in [1.82, 2.24) is 10.2 Å². The van der Waals surface area contributed by atoms with Crippen molar-refractivity contribution in [2.75, 3.05) is 26.2 Å². The third-order valence-corrected chi connectivity index (χ3v) is 6.50. The molecule has 4 rings (SSSR count). The molecule has 29 heavy (non-hydrogen) atoms. The fourth-order valence-corrected chi connectivity index (χ4v) is 4.78. The van der Waals surface area contributed by atoms with Crippen LogP contribution in [-0.4, -0.2) is 53.9 Å². The van der Waals surface area contributed by atoms with Crippen molar-refractivity contribution < 1.29 is 9.59 Å². The highest BCUT2D eigenvalue weighted by atomic mass is 35.5. The van der Waals surface area contributed by atoms with Crippen molar-refractivity contribution in [3.63, 3.8) is 0 Å². The van der Waals surface area contributed by atoms with Crippen LogP contribution in [0, 0.1) is 0 Å². The van der Waals surface area contributed by atoms with Gasteiger partial charge in [0.25, 0.3) is 11.8 Å². The van der Waals surface area contributed by atoms with Gasteiger partial charge in [0.05, 0.1) is 15.9 Å². The summed E-state index contributed by atoms with van der Waals surface area (Å²) in [7, 11) is 0. The van der Waals surface area contributed by atoms with E-state index < -0.39 is 0 Å². The van der Waals surface area contributed by atoms with Crippen LogP contribution < -0.4 is 5.32 Å². The summed E-state index contributed by atoms with van der Waals surface area (Å²) in [5.41, 5.74) is 2.02. The highest BCUT2D eigenvalue weighted by Crippen LogP contribution is 2.34. The summed E-state index contributed by atoms with van der Waals surface area (Å²) in [5.74, 6) is -0.416. The number of allylic oxidation sites excluding steroid dienone is 1. The summed E-state index contributed by atoms with van der Waals surface area (Å²) in [6, 6.07) is 7.34. The number of amides is 2. The van der Waals surface area contributed by atoms with Crippen LogP contribution in [0.3, 0.4) is 0 Å². The summed E-state index contributed by atoms with van der Waals surface area (Å²) < 4.78 is 0. The van der Waals surface area contributed by atoms with Gasteiger partial charge in [-0.25, -0.2) is 4.99 Å². The second-order valence-electron chi connectivity index (χ2n) is 7.21. The van der Waals surface area contributed by atoms with Gasteiger partial charge in [0, 0.05) is 23.7 Å². The minimum Gasteiger partial charge on any atom is -0.351 e. The predicted molar refractivity (Wildman–Crippen MR) is 119 cm³/mol. The molecule has 1 aliphatic carbocycles. The molecular formula is C22H22ClN3O2S. The quantitative estimate of drug-likeness (QED) is 0.731. The van der Waals surface area contributed by atoms with E-state index in [4.69, 9.17) is 11.6 Å². The molecule has 2 aliphatic heterocycles. The second-order valence-corrected chi connectivity index (χ2v) is 8.83. The average Bonchev–Trinajstić information content (AvgIpc) is 3.22. The van der Waals surface area contributed by atoms with E-state index in [0.29, 0.717) is 27.8 Å². The average molecular weight is 428 g/mol. The molecule has 1 atom stereocenters. The molecule has 1 N–H and O–H groups in total. The summed E-state index contributed by atoms with van der Waals surface area (Å²) in [6.07, 6.45) is 9.74. The van der Waals surface area contributed by atoms with Crippen molar-refractivity contribution in [3.8, 4) is 0 Å². The van der Waals surface area contributed by atoms with E-state index in [1.54, 1.807) is 18.2 Å². The molecule has 2 amide bonds. The number of fused-ring (bicyclic) bond motifs is 1. The predicted octanol–water partition coefficient (Wildman–Crippen LogP) is 3.47. The Hall–Kier alpha value is -2.15. The van der Waals surface area contributed by atoms with Gasteiger partial charge >= 0.3 is 0 Å². The summed E-state index contributed by atoms with van der Waals surface area (Å²) in [5, 5.41) is 3.51. The first-order chi connectivity index (χ1) is 14.1. The number of hydrogen-bond acceptors (Lipinski definition) is 4. The van der Waals surface area contributed by atoms with Crippen molar-refractivity contribution >= 4 is 47.0 Å². The van der Waals surface area contributed by atoms with Crippen LogP contribution in [0.2, 0.25) is 5.02 Å². The number of benzene rings is 1. The topological polar surface area (TPSA) is 61.8 Å². The SMILES string of the molecule is O=C(NCCN1CCCC1)C1=CC2=NC(=O)/C(=C\c3cccc(Cl)c3)SC2C=C1. The van der Waals surface area contributed by atoms with Gasteiger partial charge in [-0.05, 0) is 55.8 Å². The van der Waals surface area contributed by atoms with Crippen molar-refractivity contribution in [1.29, 1.82) is 0 Å². The highest BCUT2D eigenvalue weighted by Gasteiger charge is 2.28. The number of nitrogens with one attached hydrogen (secondary N) is 1. The first-order valence-electron chi connectivity index (χ1n) is 9.76. The summed E-state index contributed by atoms with van der Waals surface area (Å²) in [4.78, 5) is 32.1. The molecule has 0 aromatic heterocycles. The Labute approximate surface area is 179 Å². The van der Waals surface area contributed by atoms with Crippen molar-refractivity contribution in [3.05, 3.63) is 63.6 Å². The van der Waals surface area contributed by atoms with Gasteiger partial charge in [-0.1, -0.05) is 35.9 Å². The van der Waals surface area contributed by atoms with Gasteiger partial charge in [-0.3, -0.25) is 9.59 Å². The molecule has 0 saturated carbocycles. The molecule has 0 radical (unpaired) electrons. The third kappa shape index (κ3) is 5.07. The van der Waals surface area contributed by atoms with Gasteiger partial charge in [-0.2, -0.15) is 0 Å². The number of hydrogen-bond donors (Lipinski definition) is 1. The Morgan fingerprint density at radius 3 is 2.97 bits per heavy atom. The first-order valence-corrected chi connectivity index (χ1v) is 11.0. The van der Waals surface area contributed by atoms with Crippen LogP contribution in [0.25, 0.3) is 6.08 Å². The molecule has 1 aromatic carbocycles. The van der Waals surface area contributed by atoms with E-state index >= 15 is 0 Å². The minimum atomic E-state index is -0.290. The Balaban J connectivity index is 1.41. The molecule has 2 heterocycles. The zero-order valence-electron chi connectivity index (χ0n) is 15.9. The molecule has 0 spiro atoms. The zero-order valence-corrected chi connectivity index (χ0v) is 17.5. The maximum Gasteiger partial charge on any atom is 0.283 e. The lowest BCUT2D eigenvalue weighted by atomic mass is 10.0. The van der Waals surface area contributed by atoms with Gasteiger partial charge in [0.1, 0.15) is 0 Å². The van der Waals surface area contributed by atoms with Crippen LogP contribution in [0.4, 0.5) is 0 Å². The van der Waals surface area contributed by atoms with Gasteiger partial charge in [0.15, 0.2) is 0 Å². The van der Waals surface area contributed by atoms with Crippen LogP contribution >= 0.6 is 23.4 Å². The van der Waals surface area contributed by atoms with Gasteiger partial charge in [0.2, 0.25) is 0 Å². The summed E-state index contributed by atoms with van der Waals surface area (Å²) in [6.45, 7) is 3.72. The number of thioether (sulfide) groups is 1. The maximum atomic E-state index is 12.5. The number of aliphatic imine (C=N–C) groups is 1. The van der Waals surface area contributed by atoms with Crippen molar-refractivity contribution in [2.24, 2.45) is 4.99 Å². The van der Waals surface area contributed by atoms with E-state index in [9.17, 15) is 9.59 Å². The largest absolute Gasteiger partial charge is 0.351 e. The molecule has 0 bridgehead atoms. The number of carbonyl (C=O) groups is 2. The number of rotatable bonds is 5. The number of nitrogens with zero attached hydrogens (tertiary/aromatic N) is 2. The fraction of sp³-hybridized carbons (Fsp3) is 0.318. The Kier molecular flexibility index (Phi) is 6.33. The van der Waals surface area contributed by atoms with Crippen LogP contribution in [0.1, 0.15) is 18.4 Å². The second kappa shape index (κ2) is 9.11. The molecule has 1 aromatic rings. The van der Waals surface area contributed by atoms with E-state index in [1.807, 2.05) is 30.4 Å². The van der Waals surface area contributed by atoms with Gasteiger partial charge in [-0.15, -0.1) is 11.8 Å². The molecule has 3 aliphatic rings. The molecule has 5 nitrogen and oxygen atoms in total. The smallest absolute Gasteiger partial charge is 0.283 e. The Morgan fingerprint density at radius 2 is 2.17 bits per heavy atom. The monoisotopic (exact) mass is 427 g/mol. The Morgan fingerprint density at radius 1 is 1.34 bits per heavy atom. The fourth-order valence-electron chi connectivity index (χ4n) is 3.55. The van der Waals surface area contributed by atoms with Crippen LogP contribution in [0.5, 0.6) is 0 Å². The normalized spacial score (nSPS) is 23.0. The Bertz CT molecular complexity index is 945.